The molecule has 0 amide bonds. The first-order valence-corrected chi connectivity index (χ1v) is 8.25. The first kappa shape index (κ1) is 16.1. The van der Waals surface area contributed by atoms with Crippen molar-refractivity contribution >= 4 is 10.9 Å². The first-order chi connectivity index (χ1) is 12.7. The molecule has 4 aromatic rings. The Hall–Kier alpha value is -3.35. The average molecular weight is 350 g/mol. The van der Waals surface area contributed by atoms with Gasteiger partial charge >= 0.3 is 0 Å². The van der Waals surface area contributed by atoms with Crippen LogP contribution in [0.15, 0.2) is 58.1 Å². The van der Waals surface area contributed by atoms with Crippen molar-refractivity contribution in [3.63, 3.8) is 0 Å². The number of hydrogen-bond acceptors (Lipinski definition) is 5. The molecular formula is C19H15FN4O2. The minimum Gasteiger partial charge on any atom is -0.346 e. The molecule has 0 atom stereocenters. The van der Waals surface area contributed by atoms with Crippen molar-refractivity contribution in [2.24, 2.45) is 0 Å². The predicted octanol–water partition coefficient (Wildman–Crippen LogP) is 3.66. The Balaban J connectivity index is 1.90. The highest BCUT2D eigenvalue weighted by Crippen LogP contribution is 2.22. The Morgan fingerprint density at radius 1 is 1.23 bits per heavy atom. The van der Waals surface area contributed by atoms with Crippen molar-refractivity contribution in [2.45, 2.75) is 19.9 Å². The van der Waals surface area contributed by atoms with Crippen molar-refractivity contribution in [3.8, 4) is 23.0 Å². The van der Waals surface area contributed by atoms with Crippen LogP contribution in [0.5, 0.6) is 0 Å². The highest BCUT2D eigenvalue weighted by atomic mass is 19.1. The van der Waals surface area contributed by atoms with Gasteiger partial charge in [0.1, 0.15) is 17.1 Å². The largest absolute Gasteiger partial charge is 0.346 e. The summed E-state index contributed by atoms with van der Waals surface area (Å²) in [7, 11) is 0. The molecule has 0 saturated heterocycles. The van der Waals surface area contributed by atoms with Gasteiger partial charge in [0.15, 0.2) is 0 Å². The molecule has 4 rings (SSSR count). The molecule has 0 radical (unpaired) electrons. The smallest absolute Gasteiger partial charge is 0.263 e. The van der Waals surface area contributed by atoms with E-state index >= 15 is 0 Å². The molecule has 0 saturated carbocycles. The van der Waals surface area contributed by atoms with Crippen molar-refractivity contribution in [1.82, 2.24) is 19.7 Å². The number of nitrogens with zero attached hydrogens (tertiary/aromatic N) is 4. The van der Waals surface area contributed by atoms with Gasteiger partial charge in [-0.2, -0.15) is 4.98 Å². The number of hydrogen-bond donors (Lipinski definition) is 0. The second-order valence-corrected chi connectivity index (χ2v) is 5.86. The Bertz CT molecular complexity index is 1140. The minimum atomic E-state index is -0.463. The lowest BCUT2D eigenvalue weighted by molar-refractivity contribution is 0.431. The van der Waals surface area contributed by atoms with Gasteiger partial charge in [0, 0.05) is 24.3 Å². The van der Waals surface area contributed by atoms with Gasteiger partial charge in [-0.25, -0.2) is 4.39 Å². The quantitative estimate of drug-likeness (QED) is 0.561. The molecule has 26 heavy (non-hydrogen) atoms. The summed E-state index contributed by atoms with van der Waals surface area (Å²) >= 11 is 0. The summed E-state index contributed by atoms with van der Waals surface area (Å²) in [6, 6.07) is 9.54. The Labute approximate surface area is 147 Å². The summed E-state index contributed by atoms with van der Waals surface area (Å²) in [6.07, 6.45) is 4.16. The standard InChI is InChI=1S/C19H15FN4O2/c1-2-9-24-11-14(17(25)13-10-12(20)6-7-16(13)24)19-22-18(23-26-19)15-5-3-4-8-21-15/h3-8,10-11H,2,9H2,1H3. The zero-order chi connectivity index (χ0) is 18.1. The summed E-state index contributed by atoms with van der Waals surface area (Å²) in [4.78, 5) is 21.3. The van der Waals surface area contributed by atoms with Crippen LogP contribution in [0.3, 0.4) is 0 Å². The second-order valence-electron chi connectivity index (χ2n) is 5.86. The highest BCUT2D eigenvalue weighted by Gasteiger charge is 2.18. The molecule has 0 aliphatic heterocycles. The number of aryl methyl sites for hydroxylation is 1. The van der Waals surface area contributed by atoms with Gasteiger partial charge in [0.25, 0.3) is 5.89 Å². The number of rotatable bonds is 4. The van der Waals surface area contributed by atoms with Crippen LogP contribution in [0.4, 0.5) is 4.39 Å². The first-order valence-electron chi connectivity index (χ1n) is 8.25. The van der Waals surface area contributed by atoms with Gasteiger partial charge in [0.2, 0.25) is 11.3 Å². The second kappa shape index (κ2) is 6.51. The fourth-order valence-electron chi connectivity index (χ4n) is 2.88. The Morgan fingerprint density at radius 3 is 2.88 bits per heavy atom. The fourth-order valence-corrected chi connectivity index (χ4v) is 2.88. The van der Waals surface area contributed by atoms with Crippen LogP contribution in [0.25, 0.3) is 33.9 Å². The van der Waals surface area contributed by atoms with E-state index in [0.717, 1.165) is 6.42 Å². The predicted molar refractivity (Wildman–Crippen MR) is 95.0 cm³/mol. The van der Waals surface area contributed by atoms with E-state index in [-0.39, 0.29) is 22.3 Å². The third kappa shape index (κ3) is 2.77. The molecule has 3 aromatic heterocycles. The van der Waals surface area contributed by atoms with E-state index in [1.54, 1.807) is 30.6 Å². The molecule has 0 aliphatic carbocycles. The van der Waals surface area contributed by atoms with Crippen molar-refractivity contribution in [2.75, 3.05) is 0 Å². The number of halogens is 1. The summed E-state index contributed by atoms with van der Waals surface area (Å²) in [5.41, 5.74) is 1.11. The van der Waals surface area contributed by atoms with Crippen molar-refractivity contribution in [3.05, 3.63) is 64.8 Å². The molecule has 0 spiro atoms. The molecular weight excluding hydrogens is 335 g/mol. The van der Waals surface area contributed by atoms with E-state index in [0.29, 0.717) is 23.6 Å². The molecule has 0 bridgehead atoms. The molecule has 7 heteroatoms. The van der Waals surface area contributed by atoms with Crippen LogP contribution in [0, 0.1) is 5.82 Å². The van der Waals surface area contributed by atoms with Gasteiger partial charge in [-0.1, -0.05) is 18.1 Å². The van der Waals surface area contributed by atoms with E-state index in [1.807, 2.05) is 17.6 Å². The third-order valence-electron chi connectivity index (χ3n) is 4.06. The number of benzene rings is 1. The van der Waals surface area contributed by atoms with Crippen molar-refractivity contribution < 1.29 is 8.91 Å². The van der Waals surface area contributed by atoms with E-state index < -0.39 is 5.82 Å². The maximum atomic E-state index is 13.7. The highest BCUT2D eigenvalue weighted by molar-refractivity contribution is 5.83. The lowest BCUT2D eigenvalue weighted by Gasteiger charge is -2.11. The van der Waals surface area contributed by atoms with Gasteiger partial charge < -0.3 is 9.09 Å². The van der Waals surface area contributed by atoms with Gasteiger partial charge in [-0.15, -0.1) is 0 Å². The van der Waals surface area contributed by atoms with E-state index in [2.05, 4.69) is 15.1 Å². The molecule has 3 heterocycles. The monoisotopic (exact) mass is 350 g/mol. The van der Waals surface area contributed by atoms with Crippen LogP contribution in [0.1, 0.15) is 13.3 Å². The molecule has 130 valence electrons. The van der Waals surface area contributed by atoms with Gasteiger partial charge in [-0.3, -0.25) is 9.78 Å². The summed E-state index contributed by atoms with van der Waals surface area (Å²) < 4.78 is 20.9. The molecule has 0 N–H and O–H groups in total. The lowest BCUT2D eigenvalue weighted by atomic mass is 10.1. The molecule has 0 aliphatic rings. The normalized spacial score (nSPS) is 11.2. The zero-order valence-corrected chi connectivity index (χ0v) is 14.0. The molecule has 6 nitrogen and oxygen atoms in total. The van der Waals surface area contributed by atoms with Gasteiger partial charge in [0.05, 0.1) is 5.52 Å². The summed E-state index contributed by atoms with van der Waals surface area (Å²) in [6.45, 7) is 2.70. The van der Waals surface area contributed by atoms with Crippen molar-refractivity contribution in [1.29, 1.82) is 0 Å². The number of pyridine rings is 2. The fraction of sp³-hybridized carbons (Fsp3) is 0.158. The number of aromatic nitrogens is 4. The number of fused-ring (bicyclic) bond motifs is 1. The van der Waals surface area contributed by atoms with E-state index in [4.69, 9.17) is 4.52 Å². The van der Waals surface area contributed by atoms with Crippen LogP contribution < -0.4 is 5.43 Å². The Kier molecular flexibility index (Phi) is 4.04. The molecule has 0 fully saturated rings. The van der Waals surface area contributed by atoms with Crippen LogP contribution >= 0.6 is 0 Å². The molecule has 0 unspecified atom stereocenters. The topological polar surface area (TPSA) is 73.8 Å². The zero-order valence-electron chi connectivity index (χ0n) is 14.0. The summed E-state index contributed by atoms with van der Waals surface area (Å²) in [5, 5.41) is 4.19. The lowest BCUT2D eigenvalue weighted by Crippen LogP contribution is -2.12. The Morgan fingerprint density at radius 2 is 2.12 bits per heavy atom. The summed E-state index contributed by atoms with van der Waals surface area (Å²) in [5.74, 6) is -0.0810. The van der Waals surface area contributed by atoms with Crippen LogP contribution in [0.2, 0.25) is 0 Å². The molecule has 1 aromatic carbocycles. The maximum Gasteiger partial charge on any atom is 0.263 e. The average Bonchev–Trinajstić information content (AvgIpc) is 3.15. The van der Waals surface area contributed by atoms with Gasteiger partial charge in [-0.05, 0) is 36.8 Å². The van der Waals surface area contributed by atoms with E-state index in [9.17, 15) is 9.18 Å². The minimum absolute atomic E-state index is 0.0895. The maximum absolute atomic E-state index is 13.7. The van der Waals surface area contributed by atoms with Crippen LogP contribution in [-0.4, -0.2) is 19.7 Å². The van der Waals surface area contributed by atoms with E-state index in [1.165, 1.54) is 12.1 Å². The third-order valence-corrected chi connectivity index (χ3v) is 4.06. The SMILES string of the molecule is CCCn1cc(-c2nc(-c3ccccn3)no2)c(=O)c2cc(F)ccc21. The van der Waals surface area contributed by atoms with Crippen LogP contribution in [-0.2, 0) is 6.54 Å².